The van der Waals surface area contributed by atoms with Gasteiger partial charge in [-0.2, -0.15) is 0 Å². The number of nitrogens with zero attached hydrogens (tertiary/aromatic N) is 3. The van der Waals surface area contributed by atoms with Crippen molar-refractivity contribution in [1.29, 1.82) is 0 Å². The third kappa shape index (κ3) is 4.04. The molecule has 2 aromatic carbocycles. The summed E-state index contributed by atoms with van der Waals surface area (Å²) in [4.78, 5) is 21.7. The lowest BCUT2D eigenvalue weighted by Gasteiger charge is -2.12. The van der Waals surface area contributed by atoms with Gasteiger partial charge in [-0.25, -0.2) is 4.98 Å². The van der Waals surface area contributed by atoms with Crippen molar-refractivity contribution >= 4 is 30.7 Å². The number of hydrogen-bond acceptors (Lipinski definition) is 4. The summed E-state index contributed by atoms with van der Waals surface area (Å²) in [7, 11) is -1.48. The number of carbonyl (C=O) groups is 1. The predicted octanol–water partition coefficient (Wildman–Crippen LogP) is 4.96. The van der Waals surface area contributed by atoms with Crippen LogP contribution < -0.4 is 0 Å². The average molecular weight is 430 g/mol. The van der Waals surface area contributed by atoms with E-state index in [0.29, 0.717) is 12.2 Å². The highest BCUT2D eigenvalue weighted by atomic mass is 32.2. The zero-order valence-corrected chi connectivity index (χ0v) is 19.4. The fourth-order valence-corrected chi connectivity index (χ4v) is 4.24. The topological polar surface area (TPSA) is 47.2 Å². The van der Waals surface area contributed by atoms with Crippen LogP contribution in [0.2, 0.25) is 19.6 Å². The van der Waals surface area contributed by atoms with Crippen LogP contribution in [0, 0.1) is 11.5 Å². The second-order valence-corrected chi connectivity index (χ2v) is 13.7. The van der Waals surface area contributed by atoms with Gasteiger partial charge in [0.2, 0.25) is 5.12 Å². The molecule has 0 spiro atoms. The molecule has 4 rings (SSSR count). The Morgan fingerprint density at radius 1 is 1.13 bits per heavy atom. The second-order valence-electron chi connectivity index (χ2n) is 8.16. The molecule has 0 aliphatic carbocycles. The number of hydrogen-bond donors (Lipinski definition) is 0. The number of imidazole rings is 1. The van der Waals surface area contributed by atoms with Crippen LogP contribution in [-0.2, 0) is 6.54 Å². The maximum Gasteiger partial charge on any atom is 0.239 e. The zero-order valence-electron chi connectivity index (χ0n) is 17.6. The normalized spacial score (nSPS) is 12.7. The SMILES string of the molecule is CSC(=O)c1ncn2c1CN=C(c1ccccc1)c1cc(C#C[Si](C)(C)C)ccc1-2. The summed E-state index contributed by atoms with van der Waals surface area (Å²) in [5.74, 6) is 3.36. The maximum atomic E-state index is 12.4. The standard InChI is InChI=1S/C24H23N3OSSi/c1-29-24(28)23-21-15-25-22(18-8-6-5-7-9-18)19-14-17(12-13-30(2,3)4)10-11-20(19)27(21)16-26-23/h5-11,14,16H,15H2,1-4H3. The van der Waals surface area contributed by atoms with E-state index in [2.05, 4.69) is 60.4 Å². The summed E-state index contributed by atoms with van der Waals surface area (Å²) in [6.07, 6.45) is 3.51. The van der Waals surface area contributed by atoms with Crippen molar-refractivity contribution in [3.05, 3.63) is 82.9 Å². The van der Waals surface area contributed by atoms with Crippen molar-refractivity contribution in [2.75, 3.05) is 6.26 Å². The van der Waals surface area contributed by atoms with Gasteiger partial charge in [0.25, 0.3) is 0 Å². The molecule has 0 fully saturated rings. The molecule has 1 aromatic heterocycles. The number of carbonyl (C=O) groups excluding carboxylic acids is 1. The predicted molar refractivity (Wildman–Crippen MR) is 127 cm³/mol. The monoisotopic (exact) mass is 429 g/mol. The Morgan fingerprint density at radius 3 is 2.60 bits per heavy atom. The Morgan fingerprint density at radius 2 is 1.90 bits per heavy atom. The summed E-state index contributed by atoms with van der Waals surface area (Å²) < 4.78 is 1.99. The Hall–Kier alpha value is -2.88. The minimum atomic E-state index is -1.48. The molecule has 3 aromatic rings. The summed E-state index contributed by atoms with van der Waals surface area (Å²) in [5, 5.41) is -0.0405. The van der Waals surface area contributed by atoms with E-state index in [-0.39, 0.29) is 5.12 Å². The van der Waals surface area contributed by atoms with Gasteiger partial charge in [0.05, 0.1) is 23.6 Å². The van der Waals surface area contributed by atoms with Gasteiger partial charge in [-0.15, -0.1) is 5.54 Å². The van der Waals surface area contributed by atoms with Gasteiger partial charge in [-0.05, 0) is 24.5 Å². The van der Waals surface area contributed by atoms with Crippen molar-refractivity contribution in [1.82, 2.24) is 9.55 Å². The lowest BCUT2D eigenvalue weighted by molar-refractivity contribution is 0.108. The van der Waals surface area contributed by atoms with Crippen LogP contribution in [-0.4, -0.2) is 34.7 Å². The molecule has 1 aliphatic heterocycles. The first-order chi connectivity index (χ1) is 14.4. The molecule has 150 valence electrons. The molecule has 0 saturated heterocycles. The third-order valence-corrected chi connectivity index (χ3v) is 6.21. The van der Waals surface area contributed by atoms with E-state index >= 15 is 0 Å². The number of rotatable bonds is 2. The van der Waals surface area contributed by atoms with Crippen molar-refractivity contribution in [3.63, 3.8) is 0 Å². The minimum absolute atomic E-state index is 0.0405. The molecule has 30 heavy (non-hydrogen) atoms. The van der Waals surface area contributed by atoms with Crippen molar-refractivity contribution < 1.29 is 4.79 Å². The molecule has 1 aliphatic rings. The average Bonchev–Trinajstić information content (AvgIpc) is 3.09. The van der Waals surface area contributed by atoms with E-state index in [9.17, 15) is 4.79 Å². The van der Waals surface area contributed by atoms with Gasteiger partial charge in [0, 0.05) is 16.7 Å². The smallest absolute Gasteiger partial charge is 0.239 e. The molecule has 0 unspecified atom stereocenters. The first kappa shape index (κ1) is 20.4. The molecule has 0 bridgehead atoms. The van der Waals surface area contributed by atoms with E-state index in [0.717, 1.165) is 33.8 Å². The highest BCUT2D eigenvalue weighted by Gasteiger charge is 2.24. The van der Waals surface area contributed by atoms with Crippen LogP contribution in [0.3, 0.4) is 0 Å². The third-order valence-electron chi connectivity index (χ3n) is 4.77. The van der Waals surface area contributed by atoms with Gasteiger partial charge in [-0.1, -0.05) is 67.7 Å². The number of fused-ring (bicyclic) bond motifs is 3. The van der Waals surface area contributed by atoms with Crippen LogP contribution in [0.25, 0.3) is 5.69 Å². The fraction of sp³-hybridized carbons (Fsp3) is 0.208. The van der Waals surface area contributed by atoms with E-state index in [1.165, 1.54) is 11.8 Å². The van der Waals surface area contributed by atoms with Crippen LogP contribution in [0.1, 0.15) is 32.9 Å². The van der Waals surface area contributed by atoms with Gasteiger partial charge < -0.3 is 0 Å². The van der Waals surface area contributed by atoms with Crippen LogP contribution in [0.4, 0.5) is 0 Å². The Balaban J connectivity index is 1.93. The molecule has 6 heteroatoms. The minimum Gasteiger partial charge on any atom is -0.300 e. The van der Waals surface area contributed by atoms with Crippen LogP contribution >= 0.6 is 11.8 Å². The summed E-state index contributed by atoms with van der Waals surface area (Å²) in [6.45, 7) is 7.11. The zero-order chi connectivity index (χ0) is 21.3. The Kier molecular flexibility index (Phi) is 5.50. The lowest BCUT2D eigenvalue weighted by Crippen LogP contribution is -2.16. The first-order valence-electron chi connectivity index (χ1n) is 9.80. The summed E-state index contributed by atoms with van der Waals surface area (Å²) in [6, 6.07) is 16.4. The molecular weight excluding hydrogens is 406 g/mol. The fourth-order valence-electron chi connectivity index (χ4n) is 3.35. The van der Waals surface area contributed by atoms with Crippen LogP contribution in [0.15, 0.2) is 59.9 Å². The van der Waals surface area contributed by atoms with E-state index in [4.69, 9.17) is 4.99 Å². The molecule has 0 N–H and O–H groups in total. The van der Waals surface area contributed by atoms with Gasteiger partial charge in [-0.3, -0.25) is 14.4 Å². The molecule has 2 heterocycles. The van der Waals surface area contributed by atoms with Gasteiger partial charge >= 0.3 is 0 Å². The first-order valence-corrected chi connectivity index (χ1v) is 14.5. The molecule has 0 radical (unpaired) electrons. The molecule has 0 atom stereocenters. The number of benzene rings is 2. The number of aliphatic imine (C=N–C) groups is 1. The summed E-state index contributed by atoms with van der Waals surface area (Å²) >= 11 is 1.17. The highest BCUT2D eigenvalue weighted by Crippen LogP contribution is 2.28. The second kappa shape index (κ2) is 8.09. The van der Waals surface area contributed by atoms with Crippen LogP contribution in [0.5, 0.6) is 0 Å². The van der Waals surface area contributed by atoms with Crippen molar-refractivity contribution in [2.45, 2.75) is 26.2 Å². The molecule has 4 nitrogen and oxygen atoms in total. The number of aromatic nitrogens is 2. The quantitative estimate of drug-likeness (QED) is 0.427. The van der Waals surface area contributed by atoms with Gasteiger partial charge in [0.15, 0.2) is 0 Å². The van der Waals surface area contributed by atoms with Crippen molar-refractivity contribution in [2.24, 2.45) is 4.99 Å². The molecular formula is C24H23N3OSSi. The maximum absolute atomic E-state index is 12.4. The summed E-state index contributed by atoms with van der Waals surface area (Å²) in [5.41, 5.74) is 9.65. The highest BCUT2D eigenvalue weighted by molar-refractivity contribution is 8.13. The van der Waals surface area contributed by atoms with E-state index in [1.807, 2.05) is 28.8 Å². The number of thioether (sulfide) groups is 1. The van der Waals surface area contributed by atoms with Gasteiger partial charge in [0.1, 0.15) is 20.1 Å². The largest absolute Gasteiger partial charge is 0.300 e. The van der Waals surface area contributed by atoms with E-state index in [1.54, 1.807) is 12.6 Å². The lowest BCUT2D eigenvalue weighted by atomic mass is 9.98. The Bertz CT molecular complexity index is 1210. The Labute approximate surface area is 182 Å². The molecule has 0 saturated carbocycles. The van der Waals surface area contributed by atoms with E-state index < -0.39 is 8.07 Å². The van der Waals surface area contributed by atoms with Crippen molar-refractivity contribution in [3.8, 4) is 17.2 Å². The molecule has 0 amide bonds.